The Kier molecular flexibility index (Phi) is 8.73. The van der Waals surface area contributed by atoms with Gasteiger partial charge in [-0.05, 0) is 0 Å². The Labute approximate surface area is 47.0 Å². The molecule has 0 heterocycles. The topological polar surface area (TPSA) is 51.2 Å². The van der Waals surface area contributed by atoms with Crippen molar-refractivity contribution < 1.29 is 28.1 Å². The first-order valence-corrected chi connectivity index (χ1v) is 4.48. The van der Waals surface area contributed by atoms with Crippen LogP contribution in [0.4, 0.5) is 0 Å². The molecule has 0 spiro atoms. The van der Waals surface area contributed by atoms with Crippen LogP contribution in [0, 0.1) is 0 Å². The molecule has 0 atom stereocenters. The van der Waals surface area contributed by atoms with Crippen LogP contribution in [0.2, 0.25) is 0 Å². The second kappa shape index (κ2) is 4.74. The van der Waals surface area contributed by atoms with Crippen molar-refractivity contribution in [2.24, 2.45) is 0 Å². The standard InChI is InChI=1S/Li.3O.Ta.H. The van der Waals surface area contributed by atoms with Gasteiger partial charge in [-0.3, -0.25) is 0 Å². The van der Waals surface area contributed by atoms with Crippen molar-refractivity contribution in [3.05, 3.63) is 0 Å². The summed E-state index contributed by atoms with van der Waals surface area (Å²) in [5.74, 6) is 0. The van der Waals surface area contributed by atoms with Gasteiger partial charge in [-0.15, -0.1) is 0 Å². The van der Waals surface area contributed by atoms with Crippen molar-refractivity contribution in [2.45, 2.75) is 0 Å². The molecule has 0 aromatic carbocycles. The van der Waals surface area contributed by atoms with Crippen molar-refractivity contribution in [3.63, 3.8) is 0 Å². The molecule has 0 amide bonds. The molecule has 0 N–H and O–H groups in total. The number of rotatable bonds is 0. The predicted octanol–water partition coefficient (Wildman–Crippen LogP) is -1.01. The van der Waals surface area contributed by atoms with Crippen LogP contribution in [0.1, 0.15) is 0 Å². The normalized spacial score (nSPS) is 4.80. The molecule has 0 aromatic rings. The van der Waals surface area contributed by atoms with Gasteiger partial charge in [0.25, 0.3) is 0 Å². The van der Waals surface area contributed by atoms with Crippen LogP contribution < -0.4 is 0 Å². The van der Waals surface area contributed by atoms with Gasteiger partial charge >= 0.3 is 47.0 Å². The van der Waals surface area contributed by atoms with Gasteiger partial charge in [0.2, 0.25) is 0 Å². The number of hydrogen-bond acceptors (Lipinski definition) is 3. The van der Waals surface area contributed by atoms with Crippen LogP contribution in [0.5, 0.6) is 0 Å². The van der Waals surface area contributed by atoms with E-state index in [1.54, 1.807) is 0 Å². The van der Waals surface area contributed by atoms with E-state index in [2.05, 4.69) is 0 Å². The van der Waals surface area contributed by atoms with Crippen LogP contribution in [0.15, 0.2) is 0 Å². The maximum atomic E-state index is 8.62. The average Bonchev–Trinajstić information content (AvgIpc) is 0.811. The monoisotopic (exact) mass is 237 g/mol. The molecule has 0 aliphatic rings. The zero-order valence-corrected chi connectivity index (χ0v) is 4.89. The minimum atomic E-state index is -4.34. The Morgan fingerprint density at radius 2 is 1.00 bits per heavy atom. The van der Waals surface area contributed by atoms with Crippen molar-refractivity contribution in [3.8, 4) is 0 Å². The molecule has 5 heteroatoms. The molecule has 0 rings (SSSR count). The molecule has 5 heavy (non-hydrogen) atoms. The molecular weight excluding hydrogens is 236 g/mol. The summed E-state index contributed by atoms with van der Waals surface area (Å²) in [4.78, 5) is 0. The first kappa shape index (κ1) is 9.22. The van der Waals surface area contributed by atoms with E-state index < -0.39 is 18.4 Å². The van der Waals surface area contributed by atoms with Gasteiger partial charge in [-0.25, -0.2) is 0 Å². The van der Waals surface area contributed by atoms with Gasteiger partial charge in [-0.2, -0.15) is 0 Å². The van der Waals surface area contributed by atoms with Gasteiger partial charge in [0.05, 0.1) is 0 Å². The summed E-state index contributed by atoms with van der Waals surface area (Å²) < 4.78 is 25.9. The Hall–Kier alpha value is 0.738. The molecule has 0 saturated carbocycles. The molecular formula is HLiO3Ta. The fourth-order valence-corrected chi connectivity index (χ4v) is 0. The molecule has 0 unspecified atom stereocenters. The second-order valence-corrected chi connectivity index (χ2v) is 1.83. The summed E-state index contributed by atoms with van der Waals surface area (Å²) in [6.07, 6.45) is 0. The van der Waals surface area contributed by atoms with Crippen LogP contribution >= 0.6 is 0 Å². The third-order valence-corrected chi connectivity index (χ3v) is 0. The molecule has 0 fully saturated rings. The molecule has 0 aliphatic heterocycles. The van der Waals surface area contributed by atoms with Gasteiger partial charge in [0, 0.05) is 0 Å². The van der Waals surface area contributed by atoms with E-state index in [1.165, 1.54) is 0 Å². The van der Waals surface area contributed by atoms with Crippen molar-refractivity contribution in [1.29, 1.82) is 0 Å². The predicted molar refractivity (Wildman–Crippen MR) is 9.21 cm³/mol. The molecule has 0 aliphatic carbocycles. The molecule has 25 valence electrons. The average molecular weight is 237 g/mol. The molecule has 0 saturated heterocycles. The van der Waals surface area contributed by atoms with Crippen LogP contribution in [-0.4, -0.2) is 18.9 Å². The summed E-state index contributed by atoms with van der Waals surface area (Å²) in [5, 5.41) is 0. The maximum absolute atomic E-state index is 8.62. The Morgan fingerprint density at radius 1 is 1.00 bits per heavy atom. The third kappa shape index (κ3) is 65.3. The van der Waals surface area contributed by atoms with Crippen LogP contribution in [0.3, 0.4) is 0 Å². The quantitative estimate of drug-likeness (QED) is 0.507. The summed E-state index contributed by atoms with van der Waals surface area (Å²) in [6.45, 7) is 0. The summed E-state index contributed by atoms with van der Waals surface area (Å²) >= 11 is -4.34. The minimum absolute atomic E-state index is 0. The van der Waals surface area contributed by atoms with Crippen molar-refractivity contribution >= 4 is 18.9 Å². The summed E-state index contributed by atoms with van der Waals surface area (Å²) in [5.41, 5.74) is 0. The first-order valence-electron chi connectivity index (χ1n) is 0.548. The van der Waals surface area contributed by atoms with E-state index in [9.17, 15) is 0 Å². The number of hydrogen-bond donors (Lipinski definition) is 0. The Balaban J connectivity index is 0. The fraction of sp³-hybridized carbons (Fsp3) is 0. The van der Waals surface area contributed by atoms with Crippen molar-refractivity contribution in [1.82, 2.24) is 0 Å². The van der Waals surface area contributed by atoms with Gasteiger partial charge < -0.3 is 0 Å². The fourth-order valence-electron chi connectivity index (χ4n) is 0. The van der Waals surface area contributed by atoms with E-state index in [4.69, 9.17) is 9.75 Å². The molecule has 3 nitrogen and oxygen atoms in total. The summed E-state index contributed by atoms with van der Waals surface area (Å²) in [6, 6.07) is 0. The summed E-state index contributed by atoms with van der Waals surface area (Å²) in [7, 11) is 0. The zero-order chi connectivity index (χ0) is 3.58. The molecule has 0 bridgehead atoms. The zero-order valence-electron chi connectivity index (χ0n) is 1.67. The second-order valence-electron chi connectivity index (χ2n) is 0.224. The first-order chi connectivity index (χ1) is 1.73. The molecule has 0 radical (unpaired) electrons. The van der Waals surface area contributed by atoms with E-state index in [0.717, 1.165) is 0 Å². The Morgan fingerprint density at radius 3 is 1.00 bits per heavy atom. The SMILES string of the molecule is [LiH].[O]=[Ta](=[O])=[O]. The third-order valence-electron chi connectivity index (χ3n) is 0. The van der Waals surface area contributed by atoms with Crippen LogP contribution in [-0.2, 0) is 28.1 Å². The van der Waals surface area contributed by atoms with Gasteiger partial charge in [0.1, 0.15) is 0 Å². The van der Waals surface area contributed by atoms with E-state index in [-0.39, 0.29) is 18.9 Å². The Bertz CT molecular complexity index is 76.3. The van der Waals surface area contributed by atoms with E-state index >= 15 is 0 Å². The van der Waals surface area contributed by atoms with Crippen molar-refractivity contribution in [2.75, 3.05) is 0 Å². The molecule has 0 aromatic heterocycles. The van der Waals surface area contributed by atoms with Crippen LogP contribution in [0.25, 0.3) is 0 Å². The van der Waals surface area contributed by atoms with Gasteiger partial charge in [0.15, 0.2) is 0 Å². The van der Waals surface area contributed by atoms with Gasteiger partial charge in [-0.1, -0.05) is 0 Å². The van der Waals surface area contributed by atoms with E-state index in [0.29, 0.717) is 0 Å². The van der Waals surface area contributed by atoms with E-state index in [1.807, 2.05) is 0 Å².